The fourth-order valence-corrected chi connectivity index (χ4v) is 4.87. The van der Waals surface area contributed by atoms with E-state index in [2.05, 4.69) is 65.9 Å². The fourth-order valence-electron chi connectivity index (χ4n) is 4.08. The highest BCUT2D eigenvalue weighted by Crippen LogP contribution is 2.59. The molecule has 14 heteroatoms. The molecule has 2 aromatic rings. The number of oxime groups is 2. The Bertz CT molecular complexity index is 1370. The highest BCUT2D eigenvalue weighted by atomic mass is 32.2. The lowest BCUT2D eigenvalue weighted by Crippen LogP contribution is -2.28. The van der Waals surface area contributed by atoms with Crippen LogP contribution >= 0.6 is 35.7 Å². The molecule has 0 aliphatic heterocycles. The smallest absolute Gasteiger partial charge is 0.447 e. The van der Waals surface area contributed by atoms with Crippen LogP contribution in [0.2, 0.25) is 0 Å². The van der Waals surface area contributed by atoms with E-state index in [4.69, 9.17) is 9.15 Å². The van der Waals surface area contributed by atoms with Gasteiger partial charge in [-0.3, -0.25) is 14.5 Å². The Hall–Kier alpha value is -3.36. The van der Waals surface area contributed by atoms with Crippen molar-refractivity contribution in [3.05, 3.63) is 71.2 Å². The van der Waals surface area contributed by atoms with Crippen LogP contribution in [0.3, 0.4) is 0 Å². The molecule has 1 aromatic carbocycles. The monoisotopic (exact) mass is 692 g/mol. The summed E-state index contributed by atoms with van der Waals surface area (Å²) >= 11 is 3.51. The zero-order valence-corrected chi connectivity index (χ0v) is 30.5. The van der Waals surface area contributed by atoms with E-state index in [1.54, 1.807) is 20.1 Å². The van der Waals surface area contributed by atoms with Crippen LogP contribution in [0, 0.1) is 17.3 Å². The van der Waals surface area contributed by atoms with Crippen LogP contribution in [-0.4, -0.2) is 63.5 Å². The van der Waals surface area contributed by atoms with Gasteiger partial charge in [-0.05, 0) is 63.2 Å². The number of benzene rings is 1. The highest BCUT2D eigenvalue weighted by Gasteiger charge is 2.61. The molecular formula is C32H44N4O7S3. The molecule has 2 amide bonds. The molecule has 1 heterocycles. The first-order valence-corrected chi connectivity index (χ1v) is 17.5. The van der Waals surface area contributed by atoms with Gasteiger partial charge >= 0.3 is 18.2 Å². The maximum atomic E-state index is 12.4. The number of allylic oxidation sites excluding steroid dienone is 2. The van der Waals surface area contributed by atoms with Gasteiger partial charge in [-0.25, -0.2) is 18.2 Å². The van der Waals surface area contributed by atoms with Gasteiger partial charge in [0, 0.05) is 26.1 Å². The Morgan fingerprint density at radius 2 is 1.46 bits per heavy atom. The number of nitrogens with zero attached hydrogens (tertiary/aromatic N) is 4. The molecule has 0 spiro atoms. The first-order chi connectivity index (χ1) is 21.7. The average Bonchev–Trinajstić information content (AvgIpc) is 3.31. The third-order valence-corrected chi connectivity index (χ3v) is 8.96. The predicted octanol–water partition coefficient (Wildman–Crippen LogP) is 8.23. The van der Waals surface area contributed by atoms with E-state index in [0.29, 0.717) is 10.1 Å². The molecule has 1 aliphatic carbocycles. The van der Waals surface area contributed by atoms with E-state index >= 15 is 0 Å². The minimum atomic E-state index is -0.711. The van der Waals surface area contributed by atoms with Gasteiger partial charge in [0.2, 0.25) is 0 Å². The van der Waals surface area contributed by atoms with Crippen LogP contribution in [-0.2, 0) is 32.2 Å². The molecule has 0 bridgehead atoms. The summed E-state index contributed by atoms with van der Waals surface area (Å²) < 4.78 is 13.3. The molecule has 252 valence electrons. The summed E-state index contributed by atoms with van der Waals surface area (Å²) in [7, 11) is 2.88. The Morgan fingerprint density at radius 3 is 1.96 bits per heavy atom. The van der Waals surface area contributed by atoms with Crippen LogP contribution in [0.4, 0.5) is 9.59 Å². The third kappa shape index (κ3) is 12.8. The zero-order valence-electron chi connectivity index (χ0n) is 28.1. The van der Waals surface area contributed by atoms with Crippen LogP contribution in [0.15, 0.2) is 69.0 Å². The van der Waals surface area contributed by atoms with Crippen LogP contribution in [0.25, 0.3) is 0 Å². The molecule has 3 rings (SSSR count). The van der Waals surface area contributed by atoms with Gasteiger partial charge in [-0.15, -0.1) is 23.5 Å². The predicted molar refractivity (Wildman–Crippen MR) is 187 cm³/mol. The maximum Gasteiger partial charge on any atom is 0.447 e. The minimum Gasteiger partial charge on any atom is -0.469 e. The number of carbonyl (C=O) groups is 3. The van der Waals surface area contributed by atoms with E-state index in [9.17, 15) is 14.4 Å². The molecule has 0 saturated heterocycles. The first-order valence-electron chi connectivity index (χ1n) is 14.4. The van der Waals surface area contributed by atoms with Crippen molar-refractivity contribution in [3.63, 3.8) is 0 Å². The molecule has 11 nitrogen and oxygen atoms in total. The molecule has 1 fully saturated rings. The van der Waals surface area contributed by atoms with E-state index < -0.39 is 12.2 Å². The number of amides is 2. The molecule has 0 unspecified atom stereocenters. The molecule has 1 aliphatic rings. The zero-order chi connectivity index (χ0) is 34.4. The van der Waals surface area contributed by atoms with Gasteiger partial charge in [0.25, 0.3) is 0 Å². The number of ether oxygens (including phenoxy) is 1. The normalized spacial score (nSPS) is 16.7. The van der Waals surface area contributed by atoms with Crippen molar-refractivity contribution in [1.82, 2.24) is 8.61 Å². The number of rotatable bonds is 10. The fraction of sp³-hybridized carbons (Fsp3) is 0.469. The van der Waals surface area contributed by atoms with Crippen molar-refractivity contribution in [3.8, 4) is 0 Å². The lowest BCUT2D eigenvalue weighted by atomic mass is 10.1. The van der Waals surface area contributed by atoms with Gasteiger partial charge in [0.1, 0.15) is 22.5 Å². The summed E-state index contributed by atoms with van der Waals surface area (Å²) in [5.74, 6) is 1.01. The van der Waals surface area contributed by atoms with Crippen molar-refractivity contribution in [1.29, 1.82) is 0 Å². The second-order valence-corrected chi connectivity index (χ2v) is 14.4. The quantitative estimate of drug-likeness (QED) is 0.0458. The van der Waals surface area contributed by atoms with E-state index in [0.717, 1.165) is 38.5 Å². The summed E-state index contributed by atoms with van der Waals surface area (Å²) in [6, 6.07) is 12.1. The Labute approximate surface area is 284 Å². The van der Waals surface area contributed by atoms with Gasteiger partial charge in [-0.1, -0.05) is 66.1 Å². The minimum absolute atomic E-state index is 0.0107. The van der Waals surface area contributed by atoms with Crippen molar-refractivity contribution >= 4 is 63.9 Å². The molecule has 46 heavy (non-hydrogen) atoms. The molecule has 0 radical (unpaired) electrons. The molecule has 1 aromatic heterocycles. The van der Waals surface area contributed by atoms with Crippen molar-refractivity contribution < 1.29 is 33.2 Å². The van der Waals surface area contributed by atoms with Crippen molar-refractivity contribution in [2.45, 2.75) is 54.6 Å². The Kier molecular flexibility index (Phi) is 15.8. The molecule has 2 atom stereocenters. The van der Waals surface area contributed by atoms with Crippen LogP contribution < -0.4 is 0 Å². The highest BCUT2D eigenvalue weighted by molar-refractivity contribution is 8.13. The number of thioether (sulfide) groups is 2. The van der Waals surface area contributed by atoms with E-state index in [1.807, 2.05) is 36.8 Å². The number of hydrogen-bond acceptors (Lipinski definition) is 12. The van der Waals surface area contributed by atoms with Gasteiger partial charge in [0.05, 0.1) is 24.3 Å². The molecule has 1 saturated carbocycles. The second-order valence-electron chi connectivity index (χ2n) is 11.2. The summed E-state index contributed by atoms with van der Waals surface area (Å²) in [4.78, 5) is 44.9. The summed E-state index contributed by atoms with van der Waals surface area (Å²) in [6.07, 6.45) is 6.80. The second kappa shape index (κ2) is 18.7. The number of esters is 1. The number of hydrogen-bond donors (Lipinski definition) is 0. The van der Waals surface area contributed by atoms with Crippen LogP contribution in [0.1, 0.15) is 58.4 Å². The SMILES string of the molecule is CC(C)=C[C@@H]1[C@@H](C(=O)OCc2coc(Cc3ccccc3)c2)C1(C)C.CS/C(C)=N\OC(=O)N(C)SN(C)C(=O)O/N=C(/C)SC. The van der Waals surface area contributed by atoms with Gasteiger partial charge < -0.3 is 9.15 Å². The Morgan fingerprint density at radius 1 is 0.913 bits per heavy atom. The van der Waals surface area contributed by atoms with Crippen molar-refractivity contribution in [2.24, 2.45) is 27.6 Å². The van der Waals surface area contributed by atoms with Crippen LogP contribution in [0.5, 0.6) is 0 Å². The number of carbonyl (C=O) groups excluding carboxylic acids is 3. The van der Waals surface area contributed by atoms with E-state index in [-0.39, 0.29) is 29.8 Å². The average molecular weight is 693 g/mol. The lowest BCUT2D eigenvalue weighted by molar-refractivity contribution is -0.147. The number of furan rings is 1. The standard InChI is InChI=1S/C22H26O3.C10H18N4O4S3/c1-15(2)10-19-20(22(19,3)4)21(23)25-14-17-12-18(24-13-17)11-16-8-6-5-7-9-16;1-7(19-5)11-17-9(15)13(3)21-14(4)10(16)18-12-8(2)20-6/h5-10,12-13,19-20H,11,14H2,1-4H3;1-6H3/b;11-7-,12-8-/t19-,20+;/m1./s1. The topological polar surface area (TPSA) is 123 Å². The van der Waals surface area contributed by atoms with Gasteiger partial charge in [-0.2, -0.15) is 0 Å². The summed E-state index contributed by atoms with van der Waals surface area (Å²) in [6.45, 7) is 12.1. The van der Waals surface area contributed by atoms with Crippen molar-refractivity contribution in [2.75, 3.05) is 26.6 Å². The summed E-state index contributed by atoms with van der Waals surface area (Å²) in [5, 5.41) is 8.42. The summed E-state index contributed by atoms with van der Waals surface area (Å²) in [5.41, 5.74) is 3.33. The maximum absolute atomic E-state index is 12.4. The third-order valence-electron chi connectivity index (χ3n) is 6.84. The van der Waals surface area contributed by atoms with Gasteiger partial charge in [0.15, 0.2) is 0 Å². The lowest BCUT2D eigenvalue weighted by Gasteiger charge is -2.19. The molecule has 0 N–H and O–H groups in total. The largest absolute Gasteiger partial charge is 0.469 e. The van der Waals surface area contributed by atoms with E-state index in [1.165, 1.54) is 48.8 Å². The first kappa shape index (κ1) is 38.8. The molecular weight excluding hydrogens is 649 g/mol. The Balaban J connectivity index is 0.000000327.